The lowest BCUT2D eigenvalue weighted by molar-refractivity contribution is 1.27. The van der Waals surface area contributed by atoms with Crippen LogP contribution < -0.4 is 0 Å². The quantitative estimate of drug-likeness (QED) is 0.212. The normalized spacial score (nSPS) is 11.3. The zero-order chi connectivity index (χ0) is 28.0. The maximum Gasteiger partial charge on any atom is 0.141 e. The molecule has 0 amide bonds. The summed E-state index contributed by atoms with van der Waals surface area (Å²) in [7, 11) is 0. The molecule has 2 heteroatoms. The molecule has 0 unspecified atom stereocenters. The summed E-state index contributed by atoms with van der Waals surface area (Å²) in [5, 5.41) is 19.1. The molecule has 0 aliphatic heterocycles. The van der Waals surface area contributed by atoms with Crippen molar-refractivity contribution in [2.24, 2.45) is 0 Å². The van der Waals surface area contributed by atoms with Crippen LogP contribution in [0.4, 0.5) is 0 Å². The van der Waals surface area contributed by atoms with Gasteiger partial charge in [0.15, 0.2) is 0 Å². The number of rotatable bonds is 3. The van der Waals surface area contributed by atoms with Crippen LogP contribution in [-0.2, 0) is 0 Å². The van der Waals surface area contributed by atoms with Crippen LogP contribution >= 0.6 is 0 Å². The average Bonchev–Trinajstić information content (AvgIpc) is 3.06. The van der Waals surface area contributed by atoms with E-state index in [0.717, 1.165) is 16.5 Å². The predicted molar refractivity (Wildman–Crippen MR) is 175 cm³/mol. The molecule has 0 aliphatic rings. The van der Waals surface area contributed by atoms with Gasteiger partial charge < -0.3 is 0 Å². The molecule has 0 bridgehead atoms. The van der Waals surface area contributed by atoms with Crippen LogP contribution in [0.3, 0.4) is 0 Å². The van der Waals surface area contributed by atoms with Crippen LogP contribution in [0, 0.1) is 11.3 Å². The van der Waals surface area contributed by atoms with E-state index < -0.39 is 0 Å². The number of benzene rings is 7. The van der Waals surface area contributed by atoms with Crippen molar-refractivity contribution in [1.82, 2.24) is 4.98 Å². The molecular formula is C40H24N2. The molecule has 8 rings (SSSR count). The number of aromatic nitrogens is 1. The Hall–Kier alpha value is -5.78. The minimum Gasteiger partial charge on any atom is -0.246 e. The molecule has 0 N–H and O–H groups in total. The van der Waals surface area contributed by atoms with Gasteiger partial charge >= 0.3 is 0 Å². The summed E-state index contributed by atoms with van der Waals surface area (Å²) >= 11 is 0. The van der Waals surface area contributed by atoms with Crippen LogP contribution in [0.1, 0.15) is 5.69 Å². The number of hydrogen-bond donors (Lipinski definition) is 0. The summed E-state index contributed by atoms with van der Waals surface area (Å²) in [5.41, 5.74) is 7.45. The second-order valence-corrected chi connectivity index (χ2v) is 10.7. The molecule has 0 aliphatic carbocycles. The lowest BCUT2D eigenvalue weighted by Crippen LogP contribution is -1.91. The highest BCUT2D eigenvalue weighted by Gasteiger charge is 2.17. The van der Waals surface area contributed by atoms with Crippen LogP contribution in [0.5, 0.6) is 0 Å². The fourth-order valence-corrected chi connectivity index (χ4v) is 6.35. The van der Waals surface area contributed by atoms with E-state index in [1.165, 1.54) is 60.0 Å². The van der Waals surface area contributed by atoms with Gasteiger partial charge in [0.1, 0.15) is 11.8 Å². The number of fused-ring (bicyclic) bond motifs is 4. The monoisotopic (exact) mass is 532 g/mol. The van der Waals surface area contributed by atoms with Crippen molar-refractivity contribution in [2.45, 2.75) is 0 Å². The minimum atomic E-state index is 0.425. The van der Waals surface area contributed by atoms with Gasteiger partial charge in [-0.1, -0.05) is 109 Å². The van der Waals surface area contributed by atoms with E-state index in [1.54, 1.807) is 6.20 Å². The first kappa shape index (κ1) is 24.1. The first-order valence-corrected chi connectivity index (χ1v) is 14.1. The number of nitriles is 1. The van der Waals surface area contributed by atoms with E-state index >= 15 is 0 Å². The zero-order valence-corrected chi connectivity index (χ0v) is 22.8. The molecule has 0 saturated heterocycles. The van der Waals surface area contributed by atoms with Crippen molar-refractivity contribution in [1.29, 1.82) is 5.26 Å². The van der Waals surface area contributed by atoms with E-state index in [0.29, 0.717) is 5.69 Å². The third-order valence-electron chi connectivity index (χ3n) is 8.31. The number of hydrogen-bond acceptors (Lipinski definition) is 2. The van der Waals surface area contributed by atoms with Crippen molar-refractivity contribution in [3.8, 4) is 39.4 Å². The minimum absolute atomic E-state index is 0.425. The summed E-state index contributed by atoms with van der Waals surface area (Å²) in [6.07, 6.45) is 1.69. The summed E-state index contributed by atoms with van der Waals surface area (Å²) < 4.78 is 0. The number of nitrogens with zero attached hydrogens (tertiary/aromatic N) is 2. The molecule has 0 saturated carbocycles. The fourth-order valence-electron chi connectivity index (χ4n) is 6.35. The molecule has 1 heterocycles. The maximum absolute atomic E-state index is 9.28. The highest BCUT2D eigenvalue weighted by atomic mass is 14.7. The van der Waals surface area contributed by atoms with Crippen molar-refractivity contribution in [2.75, 3.05) is 0 Å². The zero-order valence-electron chi connectivity index (χ0n) is 22.8. The van der Waals surface area contributed by atoms with Gasteiger partial charge in [-0.05, 0) is 107 Å². The Labute approximate surface area is 243 Å². The highest BCUT2D eigenvalue weighted by molar-refractivity contribution is 6.22. The molecule has 2 nitrogen and oxygen atoms in total. The largest absolute Gasteiger partial charge is 0.246 e. The van der Waals surface area contributed by atoms with E-state index in [-0.39, 0.29) is 0 Å². The van der Waals surface area contributed by atoms with Gasteiger partial charge in [-0.2, -0.15) is 5.26 Å². The Kier molecular flexibility index (Phi) is 5.55. The van der Waals surface area contributed by atoms with Gasteiger partial charge in [0.05, 0.1) is 0 Å². The van der Waals surface area contributed by atoms with Crippen molar-refractivity contribution in [3.05, 3.63) is 151 Å². The SMILES string of the molecule is N#Cc1cc(-c2ccc3cc(-c4c5ccccc5c(-c5ccc6ccccc6c5)c5ccccc45)ccc3c2)ccn1. The Morgan fingerprint density at radius 2 is 0.833 bits per heavy atom. The van der Waals surface area contributed by atoms with Gasteiger partial charge in [0.25, 0.3) is 0 Å². The van der Waals surface area contributed by atoms with Crippen molar-refractivity contribution < 1.29 is 0 Å². The fraction of sp³-hybridized carbons (Fsp3) is 0. The summed E-state index contributed by atoms with van der Waals surface area (Å²) in [4.78, 5) is 4.12. The Bertz CT molecular complexity index is 2320. The second-order valence-electron chi connectivity index (χ2n) is 10.7. The molecule has 42 heavy (non-hydrogen) atoms. The summed E-state index contributed by atoms with van der Waals surface area (Å²) in [6.45, 7) is 0. The van der Waals surface area contributed by atoms with E-state index in [1.807, 2.05) is 12.1 Å². The van der Waals surface area contributed by atoms with E-state index in [2.05, 4.69) is 138 Å². The summed E-state index contributed by atoms with van der Waals surface area (Å²) in [5.74, 6) is 0. The highest BCUT2D eigenvalue weighted by Crippen LogP contribution is 2.44. The Morgan fingerprint density at radius 1 is 0.405 bits per heavy atom. The van der Waals surface area contributed by atoms with Crippen LogP contribution in [-0.4, -0.2) is 4.98 Å². The van der Waals surface area contributed by atoms with E-state index in [4.69, 9.17) is 0 Å². The lowest BCUT2D eigenvalue weighted by Gasteiger charge is -2.18. The lowest BCUT2D eigenvalue weighted by atomic mass is 9.85. The molecule has 1 aromatic heterocycles. The molecule has 0 fully saturated rings. The van der Waals surface area contributed by atoms with Gasteiger partial charge in [-0.15, -0.1) is 0 Å². The van der Waals surface area contributed by atoms with Crippen molar-refractivity contribution >= 4 is 43.1 Å². The predicted octanol–water partition coefficient (Wildman–Crippen LogP) is 10.6. The average molecular weight is 533 g/mol. The van der Waals surface area contributed by atoms with Gasteiger partial charge in [0.2, 0.25) is 0 Å². The van der Waals surface area contributed by atoms with Gasteiger partial charge in [0, 0.05) is 6.20 Å². The molecule has 0 atom stereocenters. The smallest absolute Gasteiger partial charge is 0.141 e. The second kappa shape index (κ2) is 9.70. The third-order valence-corrected chi connectivity index (χ3v) is 8.31. The molecular weight excluding hydrogens is 508 g/mol. The van der Waals surface area contributed by atoms with Crippen LogP contribution in [0.25, 0.3) is 76.5 Å². The topological polar surface area (TPSA) is 36.7 Å². The Morgan fingerprint density at radius 3 is 1.40 bits per heavy atom. The van der Waals surface area contributed by atoms with Crippen LogP contribution in [0.2, 0.25) is 0 Å². The molecule has 0 spiro atoms. The Balaban J connectivity index is 1.35. The molecule has 7 aromatic carbocycles. The van der Waals surface area contributed by atoms with Gasteiger partial charge in [-0.3, -0.25) is 0 Å². The third kappa shape index (κ3) is 3.91. The van der Waals surface area contributed by atoms with E-state index in [9.17, 15) is 5.26 Å². The first-order chi connectivity index (χ1) is 20.8. The van der Waals surface area contributed by atoms with Gasteiger partial charge in [-0.25, -0.2) is 4.98 Å². The molecule has 0 radical (unpaired) electrons. The number of pyridine rings is 1. The standard InChI is InChI=1S/C40H24N2/c41-25-34-24-31(19-20-42-34)29-14-15-30-23-33(18-16-28(30)21-29)40-37-11-5-3-9-35(37)39(36-10-4-6-12-38(36)40)32-17-13-26-7-1-2-8-27(26)22-32/h1-24H. The van der Waals surface area contributed by atoms with Crippen molar-refractivity contribution in [3.63, 3.8) is 0 Å². The maximum atomic E-state index is 9.28. The summed E-state index contributed by atoms with van der Waals surface area (Å²) in [6, 6.07) is 52.1. The molecule has 8 aromatic rings. The molecule has 194 valence electrons. The van der Waals surface area contributed by atoms with Crippen LogP contribution in [0.15, 0.2) is 146 Å². The first-order valence-electron chi connectivity index (χ1n) is 14.1.